The summed E-state index contributed by atoms with van der Waals surface area (Å²) >= 11 is 9.10. The van der Waals surface area contributed by atoms with Gasteiger partial charge in [-0.1, -0.05) is 11.6 Å². The molecule has 0 bridgehead atoms. The van der Waals surface area contributed by atoms with Crippen molar-refractivity contribution in [2.24, 2.45) is 0 Å². The molecule has 1 rings (SSSR count). The van der Waals surface area contributed by atoms with Crippen molar-refractivity contribution >= 4 is 33.2 Å². The molecule has 4 heteroatoms. The van der Waals surface area contributed by atoms with E-state index >= 15 is 0 Å². The highest BCUT2D eigenvalue weighted by Crippen LogP contribution is 2.33. The average molecular weight is 238 g/mol. The first-order chi connectivity index (χ1) is 5.16. The van der Waals surface area contributed by atoms with Gasteiger partial charge < -0.3 is 10.5 Å². The summed E-state index contributed by atoms with van der Waals surface area (Å²) in [7, 11) is 1.60. The lowest BCUT2D eigenvalue weighted by atomic mass is 10.3. The second-order valence-electron chi connectivity index (χ2n) is 2.04. The Morgan fingerprint density at radius 2 is 2.18 bits per heavy atom. The highest BCUT2D eigenvalue weighted by atomic mass is 79.9. The van der Waals surface area contributed by atoms with Crippen LogP contribution in [0.2, 0.25) is 5.02 Å². The number of quaternary nitrogens is 1. The molecular formula is C7H8BrClNO+. The smallest absolute Gasteiger partial charge is 0.186 e. The summed E-state index contributed by atoms with van der Waals surface area (Å²) in [6.45, 7) is 0. The summed E-state index contributed by atoms with van der Waals surface area (Å²) in [5, 5.41) is 0.649. The fourth-order valence-electron chi connectivity index (χ4n) is 0.766. The number of methoxy groups -OCH3 is 1. The number of benzene rings is 1. The highest BCUT2D eigenvalue weighted by molar-refractivity contribution is 9.10. The van der Waals surface area contributed by atoms with Crippen LogP contribution in [0.25, 0.3) is 0 Å². The molecule has 0 amide bonds. The number of halogens is 2. The Morgan fingerprint density at radius 3 is 2.73 bits per heavy atom. The van der Waals surface area contributed by atoms with Gasteiger partial charge in [-0.15, -0.1) is 0 Å². The first-order valence-electron chi connectivity index (χ1n) is 3.00. The van der Waals surface area contributed by atoms with Crippen molar-refractivity contribution in [3.05, 3.63) is 21.6 Å². The maximum absolute atomic E-state index is 5.80. The summed E-state index contributed by atoms with van der Waals surface area (Å²) < 4.78 is 5.82. The van der Waals surface area contributed by atoms with E-state index in [0.717, 1.165) is 15.9 Å². The zero-order valence-electron chi connectivity index (χ0n) is 6.03. The maximum atomic E-state index is 5.80. The fraction of sp³-hybridized carbons (Fsp3) is 0.143. The van der Waals surface area contributed by atoms with E-state index in [2.05, 4.69) is 21.7 Å². The molecule has 1 aromatic carbocycles. The lowest BCUT2D eigenvalue weighted by Gasteiger charge is -2.02. The molecule has 0 atom stereocenters. The second kappa shape index (κ2) is 3.43. The Morgan fingerprint density at radius 1 is 1.55 bits per heavy atom. The summed E-state index contributed by atoms with van der Waals surface area (Å²) in [4.78, 5) is 0. The van der Waals surface area contributed by atoms with Crippen LogP contribution in [-0.4, -0.2) is 7.11 Å². The molecule has 1 aromatic rings. The van der Waals surface area contributed by atoms with Crippen molar-refractivity contribution in [2.45, 2.75) is 0 Å². The molecule has 0 saturated heterocycles. The highest BCUT2D eigenvalue weighted by Gasteiger charge is 2.09. The minimum Gasteiger partial charge on any atom is -0.491 e. The van der Waals surface area contributed by atoms with E-state index in [1.54, 1.807) is 19.2 Å². The monoisotopic (exact) mass is 236 g/mol. The first-order valence-corrected chi connectivity index (χ1v) is 4.18. The molecule has 0 radical (unpaired) electrons. The van der Waals surface area contributed by atoms with Crippen LogP contribution in [0.5, 0.6) is 5.75 Å². The van der Waals surface area contributed by atoms with Gasteiger partial charge in [-0.25, -0.2) is 0 Å². The topological polar surface area (TPSA) is 36.9 Å². The van der Waals surface area contributed by atoms with Gasteiger partial charge in [0.2, 0.25) is 0 Å². The molecule has 0 aliphatic carbocycles. The van der Waals surface area contributed by atoms with Crippen LogP contribution in [0.15, 0.2) is 16.6 Å². The molecule has 0 unspecified atom stereocenters. The van der Waals surface area contributed by atoms with Crippen LogP contribution in [0, 0.1) is 0 Å². The Hall–Kier alpha value is -0.250. The van der Waals surface area contributed by atoms with Crippen LogP contribution in [0.3, 0.4) is 0 Å². The Labute approximate surface area is 78.4 Å². The standard InChI is InChI=1S/C7H7BrClNO/c1-11-5-3-2-4(9)6(8)7(5)10/h2-3H,10H2,1H3/p+1. The molecule has 0 heterocycles. The zero-order chi connectivity index (χ0) is 8.43. The molecule has 0 aromatic heterocycles. The predicted octanol–water partition coefficient (Wildman–Crippen LogP) is 1.98. The molecule has 11 heavy (non-hydrogen) atoms. The molecule has 2 nitrogen and oxygen atoms in total. The van der Waals surface area contributed by atoms with Crippen molar-refractivity contribution in [1.29, 1.82) is 0 Å². The predicted molar refractivity (Wildman–Crippen MR) is 48.3 cm³/mol. The van der Waals surface area contributed by atoms with Crippen LogP contribution in [0.4, 0.5) is 5.69 Å². The number of hydrogen-bond donors (Lipinski definition) is 1. The van der Waals surface area contributed by atoms with Crippen LogP contribution in [-0.2, 0) is 0 Å². The third kappa shape index (κ3) is 1.67. The molecule has 3 N–H and O–H groups in total. The molecular weight excluding hydrogens is 229 g/mol. The average Bonchev–Trinajstić information content (AvgIpc) is 2.01. The van der Waals surface area contributed by atoms with E-state index in [0.29, 0.717) is 5.02 Å². The molecule has 0 saturated carbocycles. The van der Waals surface area contributed by atoms with E-state index in [1.165, 1.54) is 0 Å². The summed E-state index contributed by atoms with van der Waals surface area (Å²) in [6.07, 6.45) is 0. The number of hydrogen-bond acceptors (Lipinski definition) is 1. The third-order valence-electron chi connectivity index (χ3n) is 1.37. The van der Waals surface area contributed by atoms with Crippen molar-refractivity contribution in [2.75, 3.05) is 7.11 Å². The molecule has 60 valence electrons. The first kappa shape index (κ1) is 8.84. The van der Waals surface area contributed by atoms with Gasteiger partial charge in [-0.05, 0) is 28.1 Å². The largest absolute Gasteiger partial charge is 0.491 e. The molecule has 0 aliphatic heterocycles. The quantitative estimate of drug-likeness (QED) is 0.797. The number of ether oxygens (including phenoxy) is 1. The van der Waals surface area contributed by atoms with Gasteiger partial charge in [0.25, 0.3) is 0 Å². The van der Waals surface area contributed by atoms with Gasteiger partial charge in [0, 0.05) is 0 Å². The molecule has 0 spiro atoms. The van der Waals surface area contributed by atoms with Gasteiger partial charge in [-0.2, -0.15) is 0 Å². The number of rotatable bonds is 1. The van der Waals surface area contributed by atoms with Gasteiger partial charge in [-0.3, -0.25) is 0 Å². The minimum absolute atomic E-state index is 0.649. The Bertz CT molecular complexity index is 277. The Kier molecular flexibility index (Phi) is 2.76. The zero-order valence-corrected chi connectivity index (χ0v) is 8.37. The van der Waals surface area contributed by atoms with E-state index in [9.17, 15) is 0 Å². The van der Waals surface area contributed by atoms with E-state index in [1.807, 2.05) is 0 Å². The van der Waals surface area contributed by atoms with E-state index < -0.39 is 0 Å². The van der Waals surface area contributed by atoms with Gasteiger partial charge in [0.1, 0.15) is 4.47 Å². The lowest BCUT2D eigenvalue weighted by molar-refractivity contribution is -0.257. The summed E-state index contributed by atoms with van der Waals surface area (Å²) in [5.74, 6) is 0.737. The van der Waals surface area contributed by atoms with Crippen molar-refractivity contribution in [3.63, 3.8) is 0 Å². The fourth-order valence-corrected chi connectivity index (χ4v) is 1.27. The lowest BCUT2D eigenvalue weighted by Crippen LogP contribution is -2.41. The van der Waals surface area contributed by atoms with Crippen LogP contribution < -0.4 is 10.5 Å². The normalized spacial score (nSPS) is 9.82. The van der Waals surface area contributed by atoms with Gasteiger partial charge in [0.15, 0.2) is 11.4 Å². The van der Waals surface area contributed by atoms with Crippen molar-refractivity contribution in [1.82, 2.24) is 0 Å². The van der Waals surface area contributed by atoms with Crippen molar-refractivity contribution in [3.8, 4) is 5.75 Å². The SMILES string of the molecule is COc1ccc(Cl)c(Br)c1[NH3+]. The molecule has 0 aliphatic rings. The summed E-state index contributed by atoms with van der Waals surface area (Å²) in [5.41, 5.74) is 4.57. The van der Waals surface area contributed by atoms with E-state index in [-0.39, 0.29) is 0 Å². The van der Waals surface area contributed by atoms with Gasteiger partial charge >= 0.3 is 0 Å². The van der Waals surface area contributed by atoms with Crippen LogP contribution >= 0.6 is 27.5 Å². The third-order valence-corrected chi connectivity index (χ3v) is 2.82. The van der Waals surface area contributed by atoms with Crippen molar-refractivity contribution < 1.29 is 10.5 Å². The Balaban J connectivity index is 3.25. The molecule has 0 fully saturated rings. The van der Waals surface area contributed by atoms with Gasteiger partial charge in [0.05, 0.1) is 12.1 Å². The maximum Gasteiger partial charge on any atom is 0.186 e. The van der Waals surface area contributed by atoms with Crippen LogP contribution in [0.1, 0.15) is 0 Å². The summed E-state index contributed by atoms with van der Waals surface area (Å²) in [6, 6.07) is 3.55. The second-order valence-corrected chi connectivity index (χ2v) is 3.24. The van der Waals surface area contributed by atoms with E-state index in [4.69, 9.17) is 16.3 Å². The minimum atomic E-state index is 0.649.